The number of allylic oxidation sites excluding steroid dienone is 1. The molecular formula is C27H45N3S2. The van der Waals surface area contributed by atoms with Crippen LogP contribution in [0.4, 0.5) is 11.4 Å². The molecule has 0 aliphatic carbocycles. The van der Waals surface area contributed by atoms with Crippen molar-refractivity contribution in [1.29, 1.82) is 0 Å². The van der Waals surface area contributed by atoms with E-state index in [1.165, 1.54) is 5.57 Å². The lowest BCUT2D eigenvalue weighted by Gasteiger charge is -2.38. The van der Waals surface area contributed by atoms with Crippen LogP contribution in [-0.2, 0) is 0 Å². The van der Waals surface area contributed by atoms with E-state index >= 15 is 0 Å². The summed E-state index contributed by atoms with van der Waals surface area (Å²) in [5.74, 6) is 1.25. The van der Waals surface area contributed by atoms with Crippen molar-refractivity contribution in [2.24, 2.45) is 11.8 Å². The van der Waals surface area contributed by atoms with Crippen LogP contribution in [0.3, 0.4) is 0 Å². The second-order valence-corrected chi connectivity index (χ2v) is 11.0. The molecule has 1 N–H and O–H groups in total. The minimum atomic E-state index is -0.0967. The topological polar surface area (TPSA) is 18.5 Å². The highest BCUT2D eigenvalue weighted by Crippen LogP contribution is 2.28. The standard InChI is InChI=1S/C27H45N3S2/c1-11-25(31)29(12-2)23-14-13-15-24(17-23)30(22(8)16-19(3)4)26(32)28-27(9,10)18-21(7)20(5)6/h13-17,20-22H,11-12,18H2,1-10H3,(H,28,32). The van der Waals surface area contributed by atoms with Crippen molar-refractivity contribution in [3.8, 4) is 0 Å². The number of benzene rings is 1. The highest BCUT2D eigenvalue weighted by atomic mass is 32.1. The fraction of sp³-hybridized carbons (Fsp3) is 0.630. The molecule has 5 heteroatoms. The van der Waals surface area contributed by atoms with Crippen LogP contribution in [0.2, 0.25) is 0 Å². The van der Waals surface area contributed by atoms with Crippen molar-refractivity contribution in [2.45, 2.75) is 93.7 Å². The average molecular weight is 476 g/mol. The maximum Gasteiger partial charge on any atom is 0.174 e. The summed E-state index contributed by atoms with van der Waals surface area (Å²) in [6.45, 7) is 23.0. The van der Waals surface area contributed by atoms with Crippen LogP contribution in [0.5, 0.6) is 0 Å². The third-order valence-electron chi connectivity index (χ3n) is 5.96. The lowest BCUT2D eigenvalue weighted by atomic mass is 9.85. The lowest BCUT2D eigenvalue weighted by Crippen LogP contribution is -2.53. The van der Waals surface area contributed by atoms with Gasteiger partial charge in [0.05, 0.1) is 11.0 Å². The first kappa shape index (κ1) is 28.6. The largest absolute Gasteiger partial charge is 0.357 e. The molecule has 180 valence electrons. The SMILES string of the molecule is CCC(=S)N(CC)c1cccc(N(C(=S)NC(C)(C)CC(C)C(C)C)C(C)C=C(C)C)c1. The summed E-state index contributed by atoms with van der Waals surface area (Å²) in [7, 11) is 0. The maximum atomic E-state index is 6.01. The quantitative estimate of drug-likeness (QED) is 0.275. The van der Waals surface area contributed by atoms with E-state index < -0.39 is 0 Å². The Hall–Kier alpha value is -1.46. The van der Waals surface area contributed by atoms with Crippen molar-refractivity contribution in [1.82, 2.24) is 5.32 Å². The van der Waals surface area contributed by atoms with Crippen molar-refractivity contribution in [3.05, 3.63) is 35.9 Å². The minimum absolute atomic E-state index is 0.0967. The Kier molecular flexibility index (Phi) is 11.3. The highest BCUT2D eigenvalue weighted by Gasteiger charge is 2.27. The van der Waals surface area contributed by atoms with Gasteiger partial charge in [-0.25, -0.2) is 0 Å². The first-order valence-corrected chi connectivity index (χ1v) is 12.8. The Morgan fingerprint density at radius 2 is 1.66 bits per heavy atom. The summed E-state index contributed by atoms with van der Waals surface area (Å²) in [5.41, 5.74) is 3.37. The molecule has 0 heterocycles. The van der Waals surface area contributed by atoms with Gasteiger partial charge in [-0.05, 0) is 96.6 Å². The Bertz CT molecular complexity index is 794. The number of anilines is 2. The number of nitrogens with one attached hydrogen (secondary N) is 1. The summed E-state index contributed by atoms with van der Waals surface area (Å²) >= 11 is 11.6. The zero-order chi connectivity index (χ0) is 24.6. The molecule has 0 saturated carbocycles. The maximum absolute atomic E-state index is 6.01. The van der Waals surface area contributed by atoms with Gasteiger partial charge in [0.25, 0.3) is 0 Å². The van der Waals surface area contributed by atoms with Crippen LogP contribution in [0.25, 0.3) is 0 Å². The van der Waals surface area contributed by atoms with Gasteiger partial charge in [-0.1, -0.05) is 57.6 Å². The summed E-state index contributed by atoms with van der Waals surface area (Å²) < 4.78 is 0. The zero-order valence-electron chi connectivity index (χ0n) is 22.0. The summed E-state index contributed by atoms with van der Waals surface area (Å²) in [5, 5.41) is 4.44. The average Bonchev–Trinajstić information content (AvgIpc) is 2.67. The molecule has 0 aromatic heterocycles. The molecule has 0 spiro atoms. The summed E-state index contributed by atoms with van der Waals surface area (Å²) in [4.78, 5) is 5.39. The Labute approximate surface area is 208 Å². The van der Waals surface area contributed by atoms with Crippen LogP contribution in [-0.4, -0.2) is 28.2 Å². The molecule has 0 aliphatic heterocycles. The first-order valence-electron chi connectivity index (χ1n) is 12.0. The molecule has 1 aromatic carbocycles. The van der Waals surface area contributed by atoms with Crippen molar-refractivity contribution >= 4 is 45.9 Å². The monoisotopic (exact) mass is 475 g/mol. The van der Waals surface area contributed by atoms with E-state index in [-0.39, 0.29) is 11.6 Å². The van der Waals surface area contributed by atoms with Gasteiger partial charge < -0.3 is 15.1 Å². The summed E-state index contributed by atoms with van der Waals surface area (Å²) in [6.07, 6.45) is 4.18. The predicted octanol–water partition coefficient (Wildman–Crippen LogP) is 7.75. The fourth-order valence-corrected chi connectivity index (χ4v) is 4.82. The normalized spacial score (nSPS) is 13.3. The van der Waals surface area contributed by atoms with Crippen LogP contribution < -0.4 is 15.1 Å². The Morgan fingerprint density at radius 1 is 1.06 bits per heavy atom. The van der Waals surface area contributed by atoms with Crippen LogP contribution in [0.15, 0.2) is 35.9 Å². The van der Waals surface area contributed by atoms with E-state index in [2.05, 4.69) is 115 Å². The van der Waals surface area contributed by atoms with Gasteiger partial charge in [0.15, 0.2) is 5.11 Å². The van der Waals surface area contributed by atoms with Crippen LogP contribution >= 0.6 is 24.4 Å². The molecule has 2 unspecified atom stereocenters. The molecule has 0 saturated heterocycles. The van der Waals surface area contributed by atoms with E-state index in [0.717, 1.165) is 40.9 Å². The van der Waals surface area contributed by atoms with Gasteiger partial charge in [0, 0.05) is 23.5 Å². The number of thiocarbonyl (C=S) groups is 2. The second-order valence-electron chi connectivity index (χ2n) is 10.1. The van der Waals surface area contributed by atoms with Gasteiger partial charge in [-0.3, -0.25) is 0 Å². The number of nitrogens with zero attached hydrogens (tertiary/aromatic N) is 2. The Balaban J connectivity index is 3.34. The van der Waals surface area contributed by atoms with Crippen LogP contribution in [0, 0.1) is 11.8 Å². The van der Waals surface area contributed by atoms with E-state index in [9.17, 15) is 0 Å². The van der Waals surface area contributed by atoms with Gasteiger partial charge in [0.1, 0.15) is 0 Å². The first-order chi connectivity index (χ1) is 14.8. The van der Waals surface area contributed by atoms with Crippen molar-refractivity contribution in [2.75, 3.05) is 16.3 Å². The molecule has 32 heavy (non-hydrogen) atoms. The Morgan fingerprint density at radius 3 is 2.16 bits per heavy atom. The number of rotatable bonds is 10. The molecule has 0 radical (unpaired) electrons. The van der Waals surface area contributed by atoms with Gasteiger partial charge in [0.2, 0.25) is 0 Å². The molecular weight excluding hydrogens is 430 g/mol. The van der Waals surface area contributed by atoms with Gasteiger partial charge in [-0.15, -0.1) is 0 Å². The fourth-order valence-electron chi connectivity index (χ4n) is 4.04. The van der Waals surface area contributed by atoms with E-state index in [0.29, 0.717) is 11.8 Å². The second kappa shape index (κ2) is 12.7. The highest BCUT2D eigenvalue weighted by molar-refractivity contribution is 7.80. The van der Waals surface area contributed by atoms with Gasteiger partial charge in [-0.2, -0.15) is 0 Å². The number of hydrogen-bond acceptors (Lipinski definition) is 2. The smallest absolute Gasteiger partial charge is 0.174 e. The minimum Gasteiger partial charge on any atom is -0.357 e. The molecule has 1 aromatic rings. The molecule has 1 rings (SSSR count). The molecule has 3 nitrogen and oxygen atoms in total. The van der Waals surface area contributed by atoms with E-state index in [4.69, 9.17) is 24.4 Å². The van der Waals surface area contributed by atoms with E-state index in [1.807, 2.05) is 0 Å². The summed E-state index contributed by atoms with van der Waals surface area (Å²) in [6, 6.07) is 8.70. The molecule has 0 aliphatic rings. The molecule has 2 atom stereocenters. The molecule has 0 amide bonds. The third kappa shape index (κ3) is 8.47. The molecule has 0 bridgehead atoms. The lowest BCUT2D eigenvalue weighted by molar-refractivity contribution is 0.292. The van der Waals surface area contributed by atoms with Gasteiger partial charge >= 0.3 is 0 Å². The van der Waals surface area contributed by atoms with Crippen LogP contribution in [0.1, 0.15) is 82.1 Å². The zero-order valence-corrected chi connectivity index (χ0v) is 23.6. The molecule has 0 fully saturated rings. The predicted molar refractivity (Wildman–Crippen MR) is 152 cm³/mol. The van der Waals surface area contributed by atoms with E-state index in [1.54, 1.807) is 0 Å². The van der Waals surface area contributed by atoms with Crippen molar-refractivity contribution < 1.29 is 0 Å². The van der Waals surface area contributed by atoms with Crippen molar-refractivity contribution in [3.63, 3.8) is 0 Å². The number of hydrogen-bond donors (Lipinski definition) is 1. The third-order valence-corrected chi connectivity index (χ3v) is 6.76.